The monoisotopic (exact) mass is 309 g/mol. The second kappa shape index (κ2) is 4.72. The number of rotatable bonds is 2. The minimum Gasteiger partial charge on any atom is -0.394 e. The molecule has 0 aliphatic carbocycles. The Kier molecular flexibility index (Phi) is 3.02. The van der Waals surface area contributed by atoms with Gasteiger partial charge in [-0.25, -0.2) is 9.98 Å². The molecule has 9 nitrogen and oxygen atoms in total. The van der Waals surface area contributed by atoms with Crippen LogP contribution >= 0.6 is 0 Å². The SMILES string of the molecule is CC1(C)O[C@@H]2[C@H](O1)[C@@H](CO)O[C@H]2N1C=NC2C(N)=NC=NC21. The van der Waals surface area contributed by atoms with Gasteiger partial charge in [0.25, 0.3) is 0 Å². The number of amidine groups is 1. The summed E-state index contributed by atoms with van der Waals surface area (Å²) in [5, 5.41) is 9.54. The van der Waals surface area contributed by atoms with Crippen molar-refractivity contribution >= 4 is 18.5 Å². The van der Waals surface area contributed by atoms with Gasteiger partial charge < -0.3 is 30.0 Å². The highest BCUT2D eigenvalue weighted by Crippen LogP contribution is 2.40. The molecule has 0 aromatic heterocycles. The lowest BCUT2D eigenvalue weighted by Crippen LogP contribution is -2.51. The van der Waals surface area contributed by atoms with E-state index in [-0.39, 0.29) is 31.0 Å². The van der Waals surface area contributed by atoms with Crippen LogP contribution in [0.15, 0.2) is 15.0 Å². The zero-order valence-corrected chi connectivity index (χ0v) is 12.4. The van der Waals surface area contributed by atoms with Crippen LogP contribution in [0, 0.1) is 0 Å². The first kappa shape index (κ1) is 14.1. The number of nitrogens with two attached hydrogens (primary N) is 1. The molecule has 6 atom stereocenters. The number of nitrogens with zero attached hydrogens (tertiary/aromatic N) is 4. The van der Waals surface area contributed by atoms with Crippen molar-refractivity contribution in [2.45, 2.75) is 56.4 Å². The second-order valence-corrected chi connectivity index (χ2v) is 6.20. The minimum absolute atomic E-state index is 0.136. The Labute approximate surface area is 127 Å². The first-order valence-corrected chi connectivity index (χ1v) is 7.28. The number of fused-ring (bicyclic) bond motifs is 2. The Bertz CT molecular complexity index is 563. The molecule has 4 rings (SSSR count). The third-order valence-corrected chi connectivity index (χ3v) is 4.28. The third kappa shape index (κ3) is 1.97. The average molecular weight is 309 g/mol. The fourth-order valence-electron chi connectivity index (χ4n) is 3.35. The number of aliphatic imine (C=N–C) groups is 3. The second-order valence-electron chi connectivity index (χ2n) is 6.20. The lowest BCUT2D eigenvalue weighted by atomic mass is 10.1. The van der Waals surface area contributed by atoms with E-state index in [9.17, 15) is 5.11 Å². The zero-order valence-electron chi connectivity index (χ0n) is 12.4. The van der Waals surface area contributed by atoms with Crippen molar-refractivity contribution in [3.63, 3.8) is 0 Å². The van der Waals surface area contributed by atoms with E-state index < -0.39 is 18.1 Å². The van der Waals surface area contributed by atoms with E-state index >= 15 is 0 Å². The molecule has 2 unspecified atom stereocenters. The van der Waals surface area contributed by atoms with Crippen LogP contribution in [0.1, 0.15) is 13.8 Å². The molecule has 0 spiro atoms. The Hall–Kier alpha value is -1.55. The smallest absolute Gasteiger partial charge is 0.164 e. The Balaban J connectivity index is 1.60. The summed E-state index contributed by atoms with van der Waals surface area (Å²) >= 11 is 0. The van der Waals surface area contributed by atoms with Crippen LogP contribution in [0.5, 0.6) is 0 Å². The molecular weight excluding hydrogens is 290 g/mol. The Morgan fingerprint density at radius 2 is 2.09 bits per heavy atom. The molecule has 0 amide bonds. The molecule has 4 aliphatic heterocycles. The van der Waals surface area contributed by atoms with E-state index in [1.807, 2.05) is 18.7 Å². The highest BCUT2D eigenvalue weighted by Gasteiger charge is 2.58. The first-order valence-electron chi connectivity index (χ1n) is 7.28. The summed E-state index contributed by atoms with van der Waals surface area (Å²) < 4.78 is 17.7. The Morgan fingerprint density at radius 3 is 2.86 bits per heavy atom. The van der Waals surface area contributed by atoms with E-state index in [4.69, 9.17) is 19.9 Å². The summed E-state index contributed by atoms with van der Waals surface area (Å²) in [4.78, 5) is 14.5. The van der Waals surface area contributed by atoms with Crippen molar-refractivity contribution in [2.75, 3.05) is 6.61 Å². The molecule has 4 aliphatic rings. The van der Waals surface area contributed by atoms with E-state index in [1.54, 1.807) is 6.34 Å². The van der Waals surface area contributed by atoms with Crippen LogP contribution in [0.4, 0.5) is 0 Å². The molecule has 0 aromatic rings. The normalized spacial score (nSPS) is 45.0. The van der Waals surface area contributed by atoms with Gasteiger partial charge in [-0.1, -0.05) is 0 Å². The topological polar surface area (TPSA) is 114 Å². The van der Waals surface area contributed by atoms with Gasteiger partial charge in [-0.15, -0.1) is 0 Å². The van der Waals surface area contributed by atoms with Crippen molar-refractivity contribution in [3.8, 4) is 0 Å². The molecule has 2 fully saturated rings. The number of aliphatic hydroxyl groups is 1. The summed E-state index contributed by atoms with van der Waals surface area (Å²) in [6.07, 6.45) is 1.27. The number of hydrogen-bond acceptors (Lipinski definition) is 9. The predicted octanol–water partition coefficient (Wildman–Crippen LogP) is -1.34. The van der Waals surface area contributed by atoms with Gasteiger partial charge in [0.1, 0.15) is 36.5 Å². The lowest BCUT2D eigenvalue weighted by Gasteiger charge is -2.33. The van der Waals surface area contributed by atoms with Crippen LogP contribution in [0.2, 0.25) is 0 Å². The average Bonchev–Trinajstić information content (AvgIpc) is 3.10. The Morgan fingerprint density at radius 1 is 1.32 bits per heavy atom. The third-order valence-electron chi connectivity index (χ3n) is 4.28. The quantitative estimate of drug-likeness (QED) is 0.652. The molecule has 0 bridgehead atoms. The van der Waals surface area contributed by atoms with E-state index in [1.165, 1.54) is 6.34 Å². The highest BCUT2D eigenvalue weighted by molar-refractivity contribution is 5.96. The maximum absolute atomic E-state index is 9.54. The number of hydrogen-bond donors (Lipinski definition) is 2. The first-order chi connectivity index (χ1) is 10.5. The van der Waals surface area contributed by atoms with Gasteiger partial charge in [0, 0.05) is 0 Å². The van der Waals surface area contributed by atoms with Crippen LogP contribution in [-0.2, 0) is 14.2 Å². The largest absolute Gasteiger partial charge is 0.394 e. The predicted molar refractivity (Wildman–Crippen MR) is 77.6 cm³/mol. The minimum atomic E-state index is -0.711. The van der Waals surface area contributed by atoms with Crippen molar-refractivity contribution < 1.29 is 19.3 Å². The van der Waals surface area contributed by atoms with Crippen molar-refractivity contribution in [1.82, 2.24) is 4.90 Å². The molecule has 2 saturated heterocycles. The van der Waals surface area contributed by atoms with E-state index in [0.29, 0.717) is 5.84 Å². The van der Waals surface area contributed by atoms with Gasteiger partial charge in [0.15, 0.2) is 18.2 Å². The molecule has 4 heterocycles. The zero-order chi connectivity index (χ0) is 15.5. The van der Waals surface area contributed by atoms with Crippen LogP contribution in [0.25, 0.3) is 0 Å². The number of aliphatic hydroxyl groups excluding tert-OH is 1. The molecule has 0 radical (unpaired) electrons. The molecular formula is C13H19N5O4. The van der Waals surface area contributed by atoms with Gasteiger partial charge in [-0.05, 0) is 13.8 Å². The van der Waals surface area contributed by atoms with Gasteiger partial charge >= 0.3 is 0 Å². The molecule has 0 saturated carbocycles. The maximum atomic E-state index is 9.54. The lowest BCUT2D eigenvalue weighted by molar-refractivity contribution is -0.204. The summed E-state index contributed by atoms with van der Waals surface area (Å²) in [6, 6.07) is -0.310. The summed E-state index contributed by atoms with van der Waals surface area (Å²) in [7, 11) is 0. The molecule has 22 heavy (non-hydrogen) atoms. The van der Waals surface area contributed by atoms with Crippen molar-refractivity contribution in [2.24, 2.45) is 20.7 Å². The number of ether oxygens (including phenoxy) is 3. The molecule has 3 N–H and O–H groups in total. The van der Waals surface area contributed by atoms with Gasteiger partial charge in [0.05, 0.1) is 12.9 Å². The van der Waals surface area contributed by atoms with Crippen LogP contribution in [0.3, 0.4) is 0 Å². The fourth-order valence-corrected chi connectivity index (χ4v) is 3.35. The summed E-state index contributed by atoms with van der Waals surface area (Å²) in [6.45, 7) is 3.56. The van der Waals surface area contributed by atoms with Crippen molar-refractivity contribution in [3.05, 3.63) is 0 Å². The van der Waals surface area contributed by atoms with Crippen LogP contribution < -0.4 is 5.73 Å². The van der Waals surface area contributed by atoms with Gasteiger partial charge in [-0.2, -0.15) is 0 Å². The standard InChI is InChI=1S/C13H19N5O4/c1-13(2)21-8-6(3-19)20-12(9(8)22-13)18-5-17-7-10(14)15-4-16-11(7)18/h4-9,11-12,19H,3H2,1-2H3,(H2,14,15,16)/t6-,7?,8-,9-,11?,12-/m1/s1. The van der Waals surface area contributed by atoms with Crippen LogP contribution in [-0.4, -0.2) is 77.7 Å². The van der Waals surface area contributed by atoms with E-state index in [2.05, 4.69) is 15.0 Å². The summed E-state index contributed by atoms with van der Waals surface area (Å²) in [5.74, 6) is -0.284. The van der Waals surface area contributed by atoms with Gasteiger partial charge in [-0.3, -0.25) is 4.99 Å². The maximum Gasteiger partial charge on any atom is 0.164 e. The van der Waals surface area contributed by atoms with Crippen molar-refractivity contribution in [1.29, 1.82) is 0 Å². The molecule has 120 valence electrons. The molecule has 9 heteroatoms. The molecule has 0 aromatic carbocycles. The highest BCUT2D eigenvalue weighted by atomic mass is 16.8. The fraction of sp³-hybridized carbons (Fsp3) is 0.769. The van der Waals surface area contributed by atoms with Gasteiger partial charge in [0.2, 0.25) is 0 Å². The summed E-state index contributed by atoms with van der Waals surface area (Å²) in [5.41, 5.74) is 5.87. The van der Waals surface area contributed by atoms with E-state index in [0.717, 1.165) is 0 Å².